The SMILES string of the molecule is CCCCCCCCCCOC(=O)c1ccc(Nc2ccc([N+](=O)[O-])cc2[N+](=O)[O-])cc1. The average Bonchev–Trinajstić information content (AvgIpc) is 2.78. The fraction of sp³-hybridized carbons (Fsp3) is 0.435. The van der Waals surface area contributed by atoms with Crippen LogP contribution in [0.25, 0.3) is 0 Å². The molecule has 2 aromatic rings. The zero-order valence-corrected chi connectivity index (χ0v) is 18.2. The maximum atomic E-state index is 12.2. The lowest BCUT2D eigenvalue weighted by atomic mass is 10.1. The van der Waals surface area contributed by atoms with Crippen LogP contribution in [0, 0.1) is 20.2 Å². The highest BCUT2D eigenvalue weighted by Gasteiger charge is 2.19. The highest BCUT2D eigenvalue weighted by atomic mass is 16.6. The number of benzene rings is 2. The number of nitrogens with zero attached hydrogens (tertiary/aromatic N) is 2. The number of carbonyl (C=O) groups excluding carboxylic acids is 1. The summed E-state index contributed by atoms with van der Waals surface area (Å²) in [5, 5.41) is 24.9. The fourth-order valence-corrected chi connectivity index (χ4v) is 3.22. The minimum absolute atomic E-state index is 0.116. The third kappa shape index (κ3) is 7.98. The molecule has 0 atom stereocenters. The van der Waals surface area contributed by atoms with Crippen LogP contribution in [0.5, 0.6) is 0 Å². The van der Waals surface area contributed by atoms with E-state index >= 15 is 0 Å². The molecule has 9 heteroatoms. The van der Waals surface area contributed by atoms with E-state index in [1.165, 1.54) is 44.2 Å². The van der Waals surface area contributed by atoms with Crippen molar-refractivity contribution >= 4 is 28.7 Å². The highest BCUT2D eigenvalue weighted by molar-refractivity contribution is 5.90. The van der Waals surface area contributed by atoms with E-state index in [1.807, 2.05) is 0 Å². The number of rotatable bonds is 14. The number of nitro benzene ring substituents is 2. The number of hydrogen-bond donors (Lipinski definition) is 1. The third-order valence-electron chi connectivity index (χ3n) is 5.02. The summed E-state index contributed by atoms with van der Waals surface area (Å²) in [5.41, 5.74) is 0.227. The third-order valence-corrected chi connectivity index (χ3v) is 5.02. The van der Waals surface area contributed by atoms with Crippen LogP contribution in [-0.4, -0.2) is 22.4 Å². The van der Waals surface area contributed by atoms with Gasteiger partial charge in [-0.25, -0.2) is 4.79 Å². The lowest BCUT2D eigenvalue weighted by Gasteiger charge is -2.09. The summed E-state index contributed by atoms with van der Waals surface area (Å²) in [6.07, 6.45) is 9.32. The Hall–Kier alpha value is -3.49. The Morgan fingerprint density at radius 3 is 2.09 bits per heavy atom. The van der Waals surface area contributed by atoms with Crippen molar-refractivity contribution in [3.8, 4) is 0 Å². The largest absolute Gasteiger partial charge is 0.462 e. The van der Waals surface area contributed by atoms with Crippen LogP contribution < -0.4 is 5.32 Å². The Morgan fingerprint density at radius 2 is 1.50 bits per heavy atom. The van der Waals surface area contributed by atoms with Gasteiger partial charge in [-0.2, -0.15) is 0 Å². The zero-order valence-electron chi connectivity index (χ0n) is 18.2. The number of ether oxygens (including phenoxy) is 1. The van der Waals surface area contributed by atoms with Gasteiger partial charge in [-0.15, -0.1) is 0 Å². The molecule has 2 aromatic carbocycles. The topological polar surface area (TPSA) is 125 Å². The second kappa shape index (κ2) is 13.0. The summed E-state index contributed by atoms with van der Waals surface area (Å²) < 4.78 is 5.31. The van der Waals surface area contributed by atoms with Gasteiger partial charge in [0, 0.05) is 11.8 Å². The number of non-ortho nitro benzene ring substituents is 1. The van der Waals surface area contributed by atoms with Gasteiger partial charge in [0.1, 0.15) is 5.69 Å². The molecule has 172 valence electrons. The Labute approximate surface area is 187 Å². The minimum Gasteiger partial charge on any atom is -0.462 e. The van der Waals surface area contributed by atoms with Crippen LogP contribution in [0.15, 0.2) is 42.5 Å². The van der Waals surface area contributed by atoms with E-state index < -0.39 is 21.5 Å². The van der Waals surface area contributed by atoms with E-state index in [4.69, 9.17) is 4.74 Å². The molecule has 0 spiro atoms. The summed E-state index contributed by atoms with van der Waals surface area (Å²) >= 11 is 0. The molecule has 0 radical (unpaired) electrons. The molecule has 0 saturated heterocycles. The van der Waals surface area contributed by atoms with Gasteiger partial charge in [0.25, 0.3) is 11.4 Å². The van der Waals surface area contributed by atoms with Crippen LogP contribution in [0.2, 0.25) is 0 Å². The Balaban J connectivity index is 1.82. The number of unbranched alkanes of at least 4 members (excludes halogenated alkanes) is 7. The number of carbonyl (C=O) groups is 1. The number of anilines is 2. The van der Waals surface area contributed by atoms with Crippen molar-refractivity contribution in [1.82, 2.24) is 0 Å². The lowest BCUT2D eigenvalue weighted by molar-refractivity contribution is -0.393. The van der Waals surface area contributed by atoms with Gasteiger partial charge in [0.2, 0.25) is 0 Å². The molecule has 0 aliphatic heterocycles. The Kier molecular flexibility index (Phi) is 10.1. The summed E-state index contributed by atoms with van der Waals surface area (Å²) in [5.74, 6) is -0.416. The van der Waals surface area contributed by atoms with E-state index in [1.54, 1.807) is 24.3 Å². The number of nitro groups is 2. The van der Waals surface area contributed by atoms with Gasteiger partial charge >= 0.3 is 5.97 Å². The molecule has 0 aromatic heterocycles. The first kappa shape index (κ1) is 24.8. The fourth-order valence-electron chi connectivity index (χ4n) is 3.22. The Bertz CT molecular complexity index is 914. The lowest BCUT2D eigenvalue weighted by Crippen LogP contribution is -2.06. The minimum atomic E-state index is -0.690. The molecule has 0 aliphatic carbocycles. The van der Waals surface area contributed by atoms with Crippen LogP contribution in [0.1, 0.15) is 68.6 Å². The van der Waals surface area contributed by atoms with Crippen molar-refractivity contribution < 1.29 is 19.4 Å². The maximum Gasteiger partial charge on any atom is 0.338 e. The molecular formula is C23H29N3O6. The van der Waals surface area contributed by atoms with E-state index in [9.17, 15) is 25.0 Å². The standard InChI is InChI=1S/C23H29N3O6/c1-2-3-4-5-6-7-8-9-16-32-23(27)18-10-12-19(13-11-18)24-21-15-14-20(25(28)29)17-22(21)26(30)31/h10-15,17,24H,2-9,16H2,1H3. The van der Waals surface area contributed by atoms with E-state index in [0.29, 0.717) is 17.9 Å². The maximum absolute atomic E-state index is 12.2. The predicted octanol–water partition coefficient (Wildman–Crippen LogP) is 6.54. The van der Waals surface area contributed by atoms with Gasteiger partial charge in [0.05, 0.1) is 28.1 Å². The Morgan fingerprint density at radius 1 is 0.875 bits per heavy atom. The van der Waals surface area contributed by atoms with Crippen LogP contribution in [0.3, 0.4) is 0 Å². The van der Waals surface area contributed by atoms with Gasteiger partial charge in [-0.3, -0.25) is 20.2 Å². The van der Waals surface area contributed by atoms with Crippen molar-refractivity contribution in [2.75, 3.05) is 11.9 Å². The molecule has 0 heterocycles. The van der Waals surface area contributed by atoms with Crippen LogP contribution >= 0.6 is 0 Å². The molecule has 0 amide bonds. The normalized spacial score (nSPS) is 10.5. The molecule has 0 aliphatic rings. The first-order valence-corrected chi connectivity index (χ1v) is 10.9. The second-order valence-electron chi connectivity index (χ2n) is 7.53. The quantitative estimate of drug-likeness (QED) is 0.152. The molecule has 0 unspecified atom stereocenters. The number of esters is 1. The van der Waals surface area contributed by atoms with Gasteiger partial charge in [-0.05, 0) is 36.8 Å². The first-order valence-electron chi connectivity index (χ1n) is 10.9. The van der Waals surface area contributed by atoms with Gasteiger partial charge < -0.3 is 10.1 Å². The second-order valence-corrected chi connectivity index (χ2v) is 7.53. The van der Waals surface area contributed by atoms with Crippen molar-refractivity contribution in [2.24, 2.45) is 0 Å². The van der Waals surface area contributed by atoms with E-state index in [0.717, 1.165) is 25.3 Å². The molecule has 0 bridgehead atoms. The highest BCUT2D eigenvalue weighted by Crippen LogP contribution is 2.31. The van der Waals surface area contributed by atoms with Crippen LogP contribution in [0.4, 0.5) is 22.7 Å². The van der Waals surface area contributed by atoms with E-state index in [-0.39, 0.29) is 11.4 Å². The molecule has 9 nitrogen and oxygen atoms in total. The smallest absolute Gasteiger partial charge is 0.338 e. The predicted molar refractivity (Wildman–Crippen MR) is 122 cm³/mol. The van der Waals surface area contributed by atoms with Crippen molar-refractivity contribution in [1.29, 1.82) is 0 Å². The van der Waals surface area contributed by atoms with Crippen LogP contribution in [-0.2, 0) is 4.74 Å². The summed E-state index contributed by atoms with van der Waals surface area (Å²) in [6, 6.07) is 9.69. The summed E-state index contributed by atoms with van der Waals surface area (Å²) in [7, 11) is 0. The number of hydrogen-bond acceptors (Lipinski definition) is 7. The monoisotopic (exact) mass is 443 g/mol. The molecule has 32 heavy (non-hydrogen) atoms. The molecule has 1 N–H and O–H groups in total. The first-order chi connectivity index (χ1) is 15.4. The summed E-state index contributed by atoms with van der Waals surface area (Å²) in [6.45, 7) is 2.58. The number of nitrogens with one attached hydrogen (secondary N) is 1. The van der Waals surface area contributed by atoms with Crippen molar-refractivity contribution in [2.45, 2.75) is 58.3 Å². The molecular weight excluding hydrogens is 414 g/mol. The van der Waals surface area contributed by atoms with Gasteiger partial charge in [-0.1, -0.05) is 51.9 Å². The van der Waals surface area contributed by atoms with E-state index in [2.05, 4.69) is 12.2 Å². The summed E-state index contributed by atoms with van der Waals surface area (Å²) in [4.78, 5) is 32.9. The molecule has 2 rings (SSSR count). The van der Waals surface area contributed by atoms with Crippen molar-refractivity contribution in [3.05, 3.63) is 68.3 Å². The molecule has 0 fully saturated rings. The zero-order chi connectivity index (χ0) is 23.3. The average molecular weight is 444 g/mol. The van der Waals surface area contributed by atoms with Gasteiger partial charge in [0.15, 0.2) is 0 Å². The molecule has 0 saturated carbocycles. The van der Waals surface area contributed by atoms with Crippen molar-refractivity contribution in [3.63, 3.8) is 0 Å².